The van der Waals surface area contributed by atoms with Crippen molar-refractivity contribution in [2.75, 3.05) is 13.1 Å². The van der Waals surface area contributed by atoms with Gasteiger partial charge in [-0.05, 0) is 25.3 Å². The zero-order chi connectivity index (χ0) is 12.6. The largest absolute Gasteiger partial charge is 0.355 e. The Morgan fingerprint density at radius 3 is 2.94 bits per heavy atom. The minimum absolute atomic E-state index is 0.0994. The molecule has 1 heterocycles. The average molecular weight is 250 g/mol. The van der Waals surface area contributed by atoms with Crippen molar-refractivity contribution in [1.82, 2.24) is 20.4 Å². The number of nitrogens with one attached hydrogen (secondary N) is 2. The summed E-state index contributed by atoms with van der Waals surface area (Å²) in [4.78, 5) is 11.6. The second kappa shape index (κ2) is 7.16. The number of aryl methyl sites for hydroxylation is 1. The standard InChI is InChI=1S/C13H22N4O/c18-13(11-15-12-5-1-2-6-12)14-7-3-9-17-10-4-8-16-17/h4,8,10,12,15H,1-3,5-7,9,11H2,(H,14,18). The Kier molecular flexibility index (Phi) is 5.20. The second-order valence-corrected chi connectivity index (χ2v) is 4.83. The summed E-state index contributed by atoms with van der Waals surface area (Å²) < 4.78 is 1.88. The maximum absolute atomic E-state index is 11.6. The van der Waals surface area contributed by atoms with E-state index in [9.17, 15) is 4.79 Å². The Morgan fingerprint density at radius 1 is 1.39 bits per heavy atom. The van der Waals surface area contributed by atoms with Crippen molar-refractivity contribution in [3.05, 3.63) is 18.5 Å². The van der Waals surface area contributed by atoms with Gasteiger partial charge in [-0.3, -0.25) is 9.48 Å². The first kappa shape index (κ1) is 13.1. The van der Waals surface area contributed by atoms with E-state index in [0.717, 1.165) is 13.0 Å². The van der Waals surface area contributed by atoms with Gasteiger partial charge in [0.05, 0.1) is 6.54 Å². The smallest absolute Gasteiger partial charge is 0.233 e. The van der Waals surface area contributed by atoms with Crippen molar-refractivity contribution in [2.24, 2.45) is 0 Å². The van der Waals surface area contributed by atoms with Crippen molar-refractivity contribution >= 4 is 5.91 Å². The van der Waals surface area contributed by atoms with Gasteiger partial charge in [-0.2, -0.15) is 5.10 Å². The Bertz CT molecular complexity index is 344. The van der Waals surface area contributed by atoms with Crippen LogP contribution in [0.15, 0.2) is 18.5 Å². The highest BCUT2D eigenvalue weighted by Gasteiger charge is 2.14. The number of carbonyl (C=O) groups is 1. The highest BCUT2D eigenvalue weighted by molar-refractivity contribution is 5.77. The van der Waals surface area contributed by atoms with Crippen molar-refractivity contribution < 1.29 is 4.79 Å². The minimum Gasteiger partial charge on any atom is -0.355 e. The lowest BCUT2D eigenvalue weighted by Crippen LogP contribution is -2.38. The van der Waals surface area contributed by atoms with Gasteiger partial charge in [0, 0.05) is 31.5 Å². The van der Waals surface area contributed by atoms with Crippen LogP contribution in [0.1, 0.15) is 32.1 Å². The van der Waals surface area contributed by atoms with Crippen LogP contribution in [0.3, 0.4) is 0 Å². The molecule has 2 rings (SSSR count). The average Bonchev–Trinajstić information content (AvgIpc) is 3.04. The molecule has 5 nitrogen and oxygen atoms in total. The number of amides is 1. The van der Waals surface area contributed by atoms with Gasteiger partial charge in [-0.15, -0.1) is 0 Å². The number of hydrogen-bond donors (Lipinski definition) is 2. The second-order valence-electron chi connectivity index (χ2n) is 4.83. The molecule has 0 spiro atoms. The molecular formula is C13H22N4O. The van der Waals surface area contributed by atoms with E-state index < -0.39 is 0 Å². The molecule has 100 valence electrons. The van der Waals surface area contributed by atoms with Crippen molar-refractivity contribution in [3.8, 4) is 0 Å². The van der Waals surface area contributed by atoms with Gasteiger partial charge < -0.3 is 10.6 Å². The number of rotatable bonds is 7. The molecule has 1 aromatic rings. The topological polar surface area (TPSA) is 59.0 Å². The van der Waals surface area contributed by atoms with Gasteiger partial charge in [-0.25, -0.2) is 0 Å². The van der Waals surface area contributed by atoms with Crippen molar-refractivity contribution in [1.29, 1.82) is 0 Å². The van der Waals surface area contributed by atoms with Crippen LogP contribution in [0.5, 0.6) is 0 Å². The highest BCUT2D eigenvalue weighted by atomic mass is 16.1. The molecule has 18 heavy (non-hydrogen) atoms. The fraction of sp³-hybridized carbons (Fsp3) is 0.692. The van der Waals surface area contributed by atoms with E-state index in [-0.39, 0.29) is 5.91 Å². The highest BCUT2D eigenvalue weighted by Crippen LogP contribution is 2.17. The number of hydrogen-bond acceptors (Lipinski definition) is 3. The quantitative estimate of drug-likeness (QED) is 0.708. The summed E-state index contributed by atoms with van der Waals surface area (Å²) in [7, 11) is 0. The molecule has 1 aliphatic rings. The van der Waals surface area contributed by atoms with Gasteiger partial charge in [0.15, 0.2) is 0 Å². The third-order valence-electron chi connectivity index (χ3n) is 3.35. The third kappa shape index (κ3) is 4.49. The molecule has 1 saturated carbocycles. The molecular weight excluding hydrogens is 228 g/mol. The lowest BCUT2D eigenvalue weighted by molar-refractivity contribution is -0.120. The van der Waals surface area contributed by atoms with Crippen LogP contribution < -0.4 is 10.6 Å². The molecule has 1 aromatic heterocycles. The van der Waals surface area contributed by atoms with E-state index in [1.165, 1.54) is 25.7 Å². The van der Waals surface area contributed by atoms with E-state index in [1.54, 1.807) is 6.20 Å². The van der Waals surface area contributed by atoms with E-state index in [4.69, 9.17) is 0 Å². The number of carbonyl (C=O) groups excluding carboxylic acids is 1. The minimum atomic E-state index is 0.0994. The fourth-order valence-electron chi connectivity index (χ4n) is 2.33. The summed E-state index contributed by atoms with van der Waals surface area (Å²) in [6.45, 7) is 2.01. The summed E-state index contributed by atoms with van der Waals surface area (Å²) in [6, 6.07) is 2.46. The SMILES string of the molecule is O=C(CNC1CCCC1)NCCCn1cccn1. The molecule has 0 radical (unpaired) electrons. The summed E-state index contributed by atoms with van der Waals surface area (Å²) in [5, 5.41) is 10.3. The Balaban J connectivity index is 1.49. The molecule has 0 bridgehead atoms. The molecule has 0 atom stereocenters. The van der Waals surface area contributed by atoms with Gasteiger partial charge in [-0.1, -0.05) is 12.8 Å². The number of aromatic nitrogens is 2. The van der Waals surface area contributed by atoms with Gasteiger partial charge in [0.25, 0.3) is 0 Å². The van der Waals surface area contributed by atoms with Gasteiger partial charge in [0.1, 0.15) is 0 Å². The Hall–Kier alpha value is -1.36. The van der Waals surface area contributed by atoms with Crippen molar-refractivity contribution in [2.45, 2.75) is 44.7 Å². The summed E-state index contributed by atoms with van der Waals surface area (Å²) >= 11 is 0. The number of nitrogens with zero attached hydrogens (tertiary/aromatic N) is 2. The van der Waals surface area contributed by atoms with Gasteiger partial charge >= 0.3 is 0 Å². The summed E-state index contributed by atoms with van der Waals surface area (Å²) in [5.74, 6) is 0.0994. The van der Waals surface area contributed by atoms with E-state index >= 15 is 0 Å². The van der Waals surface area contributed by atoms with Crippen LogP contribution in [-0.4, -0.2) is 34.8 Å². The van der Waals surface area contributed by atoms with Gasteiger partial charge in [0.2, 0.25) is 5.91 Å². The van der Waals surface area contributed by atoms with Crippen molar-refractivity contribution in [3.63, 3.8) is 0 Å². The normalized spacial score (nSPS) is 16.0. The van der Waals surface area contributed by atoms with Crippen LogP contribution in [0.4, 0.5) is 0 Å². The monoisotopic (exact) mass is 250 g/mol. The molecule has 0 aliphatic heterocycles. The zero-order valence-electron chi connectivity index (χ0n) is 10.8. The predicted octanol–water partition coefficient (Wildman–Crippen LogP) is 0.922. The van der Waals surface area contributed by atoms with E-state index in [1.807, 2.05) is 16.9 Å². The molecule has 1 aliphatic carbocycles. The first-order valence-corrected chi connectivity index (χ1v) is 6.82. The summed E-state index contributed by atoms with van der Waals surface area (Å²) in [6.07, 6.45) is 9.63. The van der Waals surface area contributed by atoms with Crippen LogP contribution in [-0.2, 0) is 11.3 Å². The van der Waals surface area contributed by atoms with Crippen LogP contribution >= 0.6 is 0 Å². The van der Waals surface area contributed by atoms with Crippen LogP contribution in [0.2, 0.25) is 0 Å². The first-order chi connectivity index (χ1) is 8.84. The molecule has 0 saturated heterocycles. The van der Waals surface area contributed by atoms with Crippen LogP contribution in [0, 0.1) is 0 Å². The maximum Gasteiger partial charge on any atom is 0.233 e. The first-order valence-electron chi connectivity index (χ1n) is 6.82. The fourth-order valence-corrected chi connectivity index (χ4v) is 2.33. The van der Waals surface area contributed by atoms with E-state index in [0.29, 0.717) is 19.1 Å². The molecule has 2 N–H and O–H groups in total. The molecule has 1 amide bonds. The Morgan fingerprint density at radius 2 is 2.22 bits per heavy atom. The molecule has 1 fully saturated rings. The molecule has 5 heteroatoms. The zero-order valence-corrected chi connectivity index (χ0v) is 10.8. The maximum atomic E-state index is 11.6. The molecule has 0 aromatic carbocycles. The van der Waals surface area contributed by atoms with Crippen LogP contribution in [0.25, 0.3) is 0 Å². The lowest BCUT2D eigenvalue weighted by Gasteiger charge is -2.11. The molecule has 0 unspecified atom stereocenters. The third-order valence-corrected chi connectivity index (χ3v) is 3.35. The predicted molar refractivity (Wildman–Crippen MR) is 70.1 cm³/mol. The lowest BCUT2D eigenvalue weighted by atomic mass is 10.2. The Labute approximate surface area is 108 Å². The van der Waals surface area contributed by atoms with E-state index in [2.05, 4.69) is 15.7 Å². The summed E-state index contributed by atoms with van der Waals surface area (Å²) in [5.41, 5.74) is 0.